The lowest BCUT2D eigenvalue weighted by Gasteiger charge is -2.34. The Labute approximate surface area is 141 Å². The summed E-state index contributed by atoms with van der Waals surface area (Å²) in [6.07, 6.45) is 3.30. The molecule has 0 N–H and O–H groups in total. The Morgan fingerprint density at radius 1 is 1.25 bits per heavy atom. The van der Waals surface area contributed by atoms with Crippen LogP contribution in [-0.2, 0) is 0 Å². The van der Waals surface area contributed by atoms with E-state index < -0.39 is 0 Å². The van der Waals surface area contributed by atoms with E-state index in [1.54, 1.807) is 0 Å². The molecule has 1 atom stereocenters. The lowest BCUT2D eigenvalue weighted by atomic mass is 9.90. The van der Waals surface area contributed by atoms with Crippen molar-refractivity contribution in [3.8, 4) is 6.07 Å². The lowest BCUT2D eigenvalue weighted by Crippen LogP contribution is -2.36. The van der Waals surface area contributed by atoms with Gasteiger partial charge in [0, 0.05) is 31.6 Å². The van der Waals surface area contributed by atoms with Crippen LogP contribution in [0.3, 0.4) is 0 Å². The second-order valence-electron chi connectivity index (χ2n) is 7.16. The Bertz CT molecular complexity index is 826. The second kappa shape index (κ2) is 5.30. The van der Waals surface area contributed by atoms with E-state index in [-0.39, 0.29) is 0 Å². The molecule has 2 aliphatic rings. The predicted molar refractivity (Wildman–Crippen MR) is 88.7 cm³/mol. The van der Waals surface area contributed by atoms with E-state index in [1.165, 1.54) is 0 Å². The summed E-state index contributed by atoms with van der Waals surface area (Å²) in [5, 5.41) is 17.6. The number of nitrogens with zero attached hydrogens (tertiary/aromatic N) is 5. The summed E-state index contributed by atoms with van der Waals surface area (Å²) in [4.78, 5) is 6.90. The molecule has 1 saturated heterocycles. The molecule has 1 aliphatic heterocycles. The van der Waals surface area contributed by atoms with Gasteiger partial charge in [0.15, 0.2) is 0 Å². The van der Waals surface area contributed by atoms with Crippen LogP contribution in [-0.4, -0.2) is 28.3 Å². The molecular formula is C18H21N5O. The Kier molecular flexibility index (Phi) is 3.34. The molecule has 0 aromatic carbocycles. The first-order chi connectivity index (χ1) is 11.5. The van der Waals surface area contributed by atoms with Crippen molar-refractivity contribution >= 4 is 5.82 Å². The van der Waals surface area contributed by atoms with Crippen molar-refractivity contribution in [2.24, 2.45) is 5.41 Å². The minimum atomic E-state index is 0.307. The SMILES string of the molecule is Cc1cc(C)c(C#N)c(N2CCC3(CC2)CC3c2nnc(C)o2)n1. The second-order valence-corrected chi connectivity index (χ2v) is 7.16. The molecule has 1 aliphatic carbocycles. The maximum absolute atomic E-state index is 9.48. The van der Waals surface area contributed by atoms with Crippen LogP contribution in [0.15, 0.2) is 10.5 Å². The zero-order valence-electron chi connectivity index (χ0n) is 14.3. The number of nitriles is 1. The van der Waals surface area contributed by atoms with Gasteiger partial charge in [-0.25, -0.2) is 4.98 Å². The van der Waals surface area contributed by atoms with Gasteiger partial charge in [0.05, 0.1) is 5.56 Å². The summed E-state index contributed by atoms with van der Waals surface area (Å²) in [7, 11) is 0. The maximum Gasteiger partial charge on any atom is 0.220 e. The highest BCUT2D eigenvalue weighted by atomic mass is 16.4. The van der Waals surface area contributed by atoms with E-state index in [9.17, 15) is 5.26 Å². The maximum atomic E-state index is 9.48. The van der Waals surface area contributed by atoms with Gasteiger partial charge >= 0.3 is 0 Å². The fourth-order valence-electron chi connectivity index (χ4n) is 4.05. The number of pyridine rings is 1. The number of hydrogen-bond donors (Lipinski definition) is 0. The van der Waals surface area contributed by atoms with Gasteiger partial charge in [-0.15, -0.1) is 10.2 Å². The summed E-state index contributed by atoms with van der Waals surface area (Å²) in [6, 6.07) is 4.30. The zero-order valence-corrected chi connectivity index (χ0v) is 14.3. The smallest absolute Gasteiger partial charge is 0.220 e. The van der Waals surface area contributed by atoms with Gasteiger partial charge in [-0.1, -0.05) is 0 Å². The standard InChI is InChI=1S/C18H21N5O/c1-11-8-12(2)20-16(14(11)10-19)23-6-4-18(5-7-23)9-15(18)17-22-21-13(3)24-17/h8,15H,4-7,9H2,1-3H3. The van der Waals surface area contributed by atoms with Gasteiger partial charge in [-0.05, 0) is 50.2 Å². The fraction of sp³-hybridized carbons (Fsp3) is 0.556. The molecular weight excluding hydrogens is 302 g/mol. The van der Waals surface area contributed by atoms with Crippen LogP contribution in [0.4, 0.5) is 5.82 Å². The molecule has 6 heteroatoms. The highest BCUT2D eigenvalue weighted by Gasteiger charge is 2.58. The third-order valence-electron chi connectivity index (χ3n) is 5.53. The van der Waals surface area contributed by atoms with Crippen molar-refractivity contribution in [3.63, 3.8) is 0 Å². The summed E-state index contributed by atoms with van der Waals surface area (Å²) in [5.41, 5.74) is 2.98. The molecule has 0 bridgehead atoms. The van der Waals surface area contributed by atoms with E-state index in [0.29, 0.717) is 22.8 Å². The topological polar surface area (TPSA) is 78.8 Å². The molecule has 124 valence electrons. The van der Waals surface area contributed by atoms with Crippen LogP contribution in [0, 0.1) is 37.5 Å². The minimum Gasteiger partial charge on any atom is -0.425 e. The Balaban J connectivity index is 1.51. The van der Waals surface area contributed by atoms with Gasteiger partial charge in [0.25, 0.3) is 0 Å². The number of hydrogen-bond acceptors (Lipinski definition) is 6. The van der Waals surface area contributed by atoms with E-state index >= 15 is 0 Å². The Hall–Kier alpha value is -2.42. The number of rotatable bonds is 2. The van der Waals surface area contributed by atoms with Crippen molar-refractivity contribution in [1.29, 1.82) is 5.26 Å². The summed E-state index contributed by atoms with van der Waals surface area (Å²) in [6.45, 7) is 7.65. The minimum absolute atomic E-state index is 0.307. The first-order valence-electron chi connectivity index (χ1n) is 8.46. The average Bonchev–Trinajstić information content (AvgIpc) is 3.06. The molecule has 1 spiro atoms. The van der Waals surface area contributed by atoms with Crippen LogP contribution in [0.25, 0.3) is 0 Å². The molecule has 3 heterocycles. The summed E-state index contributed by atoms with van der Waals surface area (Å²) in [5.74, 6) is 2.69. The molecule has 1 unspecified atom stereocenters. The van der Waals surface area contributed by atoms with Gasteiger partial charge in [0.2, 0.25) is 11.8 Å². The number of aromatic nitrogens is 3. The summed E-state index contributed by atoms with van der Waals surface area (Å²) < 4.78 is 5.62. The molecule has 2 aromatic heterocycles. The van der Waals surface area contributed by atoms with Crippen molar-refractivity contribution in [3.05, 3.63) is 34.7 Å². The zero-order chi connectivity index (χ0) is 16.9. The van der Waals surface area contributed by atoms with Crippen LogP contribution in [0.2, 0.25) is 0 Å². The van der Waals surface area contributed by atoms with Gasteiger partial charge < -0.3 is 9.32 Å². The molecule has 24 heavy (non-hydrogen) atoms. The van der Waals surface area contributed by atoms with E-state index in [0.717, 1.165) is 55.3 Å². The molecule has 4 rings (SSSR count). The molecule has 2 fully saturated rings. The third-order valence-corrected chi connectivity index (χ3v) is 5.53. The molecule has 1 saturated carbocycles. The highest BCUT2D eigenvalue weighted by molar-refractivity contribution is 5.58. The Morgan fingerprint density at radius 2 is 2.00 bits per heavy atom. The molecule has 0 amide bonds. The van der Waals surface area contributed by atoms with E-state index in [1.807, 2.05) is 26.8 Å². The van der Waals surface area contributed by atoms with Crippen molar-refractivity contribution in [2.45, 2.75) is 46.0 Å². The van der Waals surface area contributed by atoms with Gasteiger partial charge in [-0.3, -0.25) is 0 Å². The van der Waals surface area contributed by atoms with Crippen molar-refractivity contribution < 1.29 is 4.42 Å². The van der Waals surface area contributed by atoms with Crippen LogP contribution >= 0.6 is 0 Å². The third kappa shape index (κ3) is 2.35. The van der Waals surface area contributed by atoms with Crippen LogP contribution in [0.5, 0.6) is 0 Å². The largest absolute Gasteiger partial charge is 0.425 e. The van der Waals surface area contributed by atoms with Gasteiger partial charge in [0.1, 0.15) is 11.9 Å². The number of aryl methyl sites for hydroxylation is 3. The van der Waals surface area contributed by atoms with Crippen molar-refractivity contribution in [2.75, 3.05) is 18.0 Å². The number of anilines is 1. The normalized spacial score (nSPS) is 21.8. The first-order valence-corrected chi connectivity index (χ1v) is 8.46. The predicted octanol–water partition coefficient (Wildman–Crippen LogP) is 3.04. The summed E-state index contributed by atoms with van der Waals surface area (Å²) >= 11 is 0. The fourth-order valence-corrected chi connectivity index (χ4v) is 4.05. The molecule has 0 radical (unpaired) electrons. The number of piperidine rings is 1. The molecule has 2 aromatic rings. The quantitative estimate of drug-likeness (QED) is 0.845. The first kappa shape index (κ1) is 15.1. The van der Waals surface area contributed by atoms with E-state index in [2.05, 4.69) is 26.2 Å². The van der Waals surface area contributed by atoms with Gasteiger partial charge in [-0.2, -0.15) is 5.26 Å². The molecule has 6 nitrogen and oxygen atoms in total. The Morgan fingerprint density at radius 3 is 2.62 bits per heavy atom. The van der Waals surface area contributed by atoms with Crippen LogP contribution in [0.1, 0.15) is 53.8 Å². The van der Waals surface area contributed by atoms with Crippen molar-refractivity contribution in [1.82, 2.24) is 15.2 Å². The van der Waals surface area contributed by atoms with E-state index in [4.69, 9.17) is 4.42 Å². The lowest BCUT2D eigenvalue weighted by molar-refractivity contribution is 0.348. The highest BCUT2D eigenvalue weighted by Crippen LogP contribution is 2.64. The average molecular weight is 323 g/mol. The monoisotopic (exact) mass is 323 g/mol. The van der Waals surface area contributed by atoms with Crippen LogP contribution < -0.4 is 4.90 Å².